The van der Waals surface area contributed by atoms with Gasteiger partial charge in [0.1, 0.15) is 24.6 Å². The first kappa shape index (κ1) is 27.3. The van der Waals surface area contributed by atoms with Crippen LogP contribution in [0.3, 0.4) is 0 Å². The van der Waals surface area contributed by atoms with E-state index >= 15 is 0 Å². The summed E-state index contributed by atoms with van der Waals surface area (Å²) in [7, 11) is 0.556. The van der Waals surface area contributed by atoms with Gasteiger partial charge in [0.15, 0.2) is 14.1 Å². The standard InChI is InChI=1S/C23H43NO7Si/c1-11-12-13-14-16-22(5,29-15-27-7)18(31-32(9,10)21(2,3)4)17-19(30-16)23(6,26)24(28-8)20(17)25/h16,18,26H,11-15H2,1-10H3/t16-,18-,22+,23?/m1/s1. The van der Waals surface area contributed by atoms with Gasteiger partial charge < -0.3 is 23.7 Å². The van der Waals surface area contributed by atoms with Crippen LogP contribution in [0, 0.1) is 0 Å². The highest BCUT2D eigenvalue weighted by Crippen LogP contribution is 2.50. The second-order valence-electron chi connectivity index (χ2n) is 10.6. The van der Waals surface area contributed by atoms with Gasteiger partial charge in [0.2, 0.25) is 5.72 Å². The molecule has 4 atom stereocenters. The highest BCUT2D eigenvalue weighted by atomic mass is 28.4. The van der Waals surface area contributed by atoms with Gasteiger partial charge >= 0.3 is 0 Å². The maximum absolute atomic E-state index is 13.4. The molecule has 0 saturated carbocycles. The average molecular weight is 474 g/mol. The lowest BCUT2D eigenvalue weighted by molar-refractivity contribution is -0.254. The minimum Gasteiger partial charge on any atom is -0.486 e. The van der Waals surface area contributed by atoms with Gasteiger partial charge in [0.25, 0.3) is 5.91 Å². The molecule has 8 nitrogen and oxygen atoms in total. The van der Waals surface area contributed by atoms with Crippen molar-refractivity contribution in [3.8, 4) is 0 Å². The fourth-order valence-corrected chi connectivity index (χ4v) is 5.36. The zero-order valence-electron chi connectivity index (χ0n) is 21.5. The summed E-state index contributed by atoms with van der Waals surface area (Å²) < 4.78 is 24.7. The minimum atomic E-state index is -2.36. The molecule has 2 aliphatic rings. The third kappa shape index (κ3) is 4.79. The van der Waals surface area contributed by atoms with Crippen molar-refractivity contribution in [3.63, 3.8) is 0 Å². The summed E-state index contributed by atoms with van der Waals surface area (Å²) in [5.41, 5.74) is -2.47. The number of aliphatic hydroxyl groups is 1. The molecule has 186 valence electrons. The maximum atomic E-state index is 13.4. The molecule has 32 heavy (non-hydrogen) atoms. The first-order valence-electron chi connectivity index (χ1n) is 11.5. The van der Waals surface area contributed by atoms with E-state index in [2.05, 4.69) is 40.8 Å². The second-order valence-corrected chi connectivity index (χ2v) is 15.4. The molecule has 1 unspecified atom stereocenters. The van der Waals surface area contributed by atoms with Gasteiger partial charge in [-0.15, -0.1) is 0 Å². The van der Waals surface area contributed by atoms with Crippen molar-refractivity contribution >= 4 is 14.2 Å². The fraction of sp³-hybridized carbons (Fsp3) is 0.870. The summed E-state index contributed by atoms with van der Waals surface area (Å²) in [5.74, 6) is -0.288. The van der Waals surface area contributed by atoms with Crippen molar-refractivity contribution in [1.29, 1.82) is 0 Å². The minimum absolute atomic E-state index is 0.0304. The number of ether oxygens (including phenoxy) is 3. The quantitative estimate of drug-likeness (QED) is 0.290. The molecule has 2 heterocycles. The third-order valence-corrected chi connectivity index (χ3v) is 11.6. The van der Waals surface area contributed by atoms with E-state index in [1.54, 1.807) is 7.11 Å². The summed E-state index contributed by atoms with van der Waals surface area (Å²) in [4.78, 5) is 18.7. The molecule has 0 fully saturated rings. The number of carbonyl (C=O) groups is 1. The van der Waals surface area contributed by atoms with E-state index in [9.17, 15) is 9.90 Å². The molecule has 2 rings (SSSR count). The normalized spacial score (nSPS) is 31.2. The zero-order valence-corrected chi connectivity index (χ0v) is 22.5. The number of hydrogen-bond donors (Lipinski definition) is 1. The molecular formula is C23H43NO7Si. The SMILES string of the molecule is CCCCC[C@H]1OC2=C(C(=O)N(OC)C2(C)O)[C@@H](O[Si](C)(C)C(C)(C)C)[C@@]1(C)OCOC. The molecule has 0 saturated heterocycles. The lowest BCUT2D eigenvalue weighted by atomic mass is 9.82. The van der Waals surface area contributed by atoms with Gasteiger partial charge in [-0.1, -0.05) is 40.5 Å². The average Bonchev–Trinajstić information content (AvgIpc) is 2.87. The molecule has 0 spiro atoms. The van der Waals surface area contributed by atoms with Crippen LogP contribution < -0.4 is 0 Å². The Balaban J connectivity index is 2.65. The summed E-state index contributed by atoms with van der Waals surface area (Å²) in [6.45, 7) is 16.3. The number of hydrogen-bond acceptors (Lipinski definition) is 7. The van der Waals surface area contributed by atoms with Crippen LogP contribution in [0.25, 0.3) is 0 Å². The Kier molecular flexibility index (Phi) is 8.28. The van der Waals surface area contributed by atoms with E-state index in [0.717, 1.165) is 24.3 Å². The maximum Gasteiger partial charge on any atom is 0.282 e. The van der Waals surface area contributed by atoms with E-state index in [1.807, 2.05) is 6.92 Å². The van der Waals surface area contributed by atoms with Crippen LogP contribution in [0.4, 0.5) is 0 Å². The van der Waals surface area contributed by atoms with Crippen molar-refractivity contribution in [2.75, 3.05) is 21.0 Å². The molecule has 9 heteroatoms. The van der Waals surface area contributed by atoms with Crippen LogP contribution in [0.2, 0.25) is 18.1 Å². The third-order valence-electron chi connectivity index (χ3n) is 7.13. The summed E-state index contributed by atoms with van der Waals surface area (Å²) in [5, 5.41) is 12.1. The van der Waals surface area contributed by atoms with Gasteiger partial charge in [-0.2, -0.15) is 5.06 Å². The van der Waals surface area contributed by atoms with Gasteiger partial charge in [-0.3, -0.25) is 9.63 Å². The molecule has 0 aromatic rings. The van der Waals surface area contributed by atoms with E-state index in [-0.39, 0.29) is 23.2 Å². The van der Waals surface area contributed by atoms with Crippen LogP contribution in [0.15, 0.2) is 11.3 Å². The number of rotatable bonds is 10. The Morgan fingerprint density at radius 1 is 1.19 bits per heavy atom. The summed E-state index contributed by atoms with van der Waals surface area (Å²) >= 11 is 0. The number of methoxy groups -OCH3 is 1. The highest BCUT2D eigenvalue weighted by Gasteiger charge is 2.63. The first-order valence-corrected chi connectivity index (χ1v) is 14.4. The molecular weight excluding hydrogens is 430 g/mol. The second kappa shape index (κ2) is 9.72. The fourth-order valence-electron chi connectivity index (χ4n) is 4.06. The molecule has 0 bridgehead atoms. The Hall–Kier alpha value is -0.973. The summed E-state index contributed by atoms with van der Waals surface area (Å²) in [6.07, 6.45) is 2.54. The van der Waals surface area contributed by atoms with Crippen LogP contribution in [-0.2, 0) is 28.3 Å². The number of unbranched alkanes of at least 4 members (excludes halogenated alkanes) is 2. The largest absolute Gasteiger partial charge is 0.486 e. The first-order chi connectivity index (χ1) is 14.7. The van der Waals surface area contributed by atoms with Crippen LogP contribution in [0.1, 0.15) is 67.2 Å². The number of amides is 1. The highest BCUT2D eigenvalue weighted by molar-refractivity contribution is 6.74. The number of carbonyl (C=O) groups excluding carboxylic acids is 1. The molecule has 2 aliphatic heterocycles. The van der Waals surface area contributed by atoms with Crippen LogP contribution in [0.5, 0.6) is 0 Å². The Morgan fingerprint density at radius 3 is 2.31 bits per heavy atom. The Bertz CT molecular complexity index is 716. The number of nitrogens with zero attached hydrogens (tertiary/aromatic N) is 1. The topological polar surface area (TPSA) is 86.7 Å². The number of hydroxylamine groups is 2. The van der Waals surface area contributed by atoms with Crippen molar-refractivity contribution in [2.45, 2.75) is 109 Å². The van der Waals surface area contributed by atoms with E-state index in [0.29, 0.717) is 6.42 Å². The molecule has 0 aromatic heterocycles. The molecule has 0 aliphatic carbocycles. The van der Waals surface area contributed by atoms with E-state index in [1.165, 1.54) is 14.0 Å². The van der Waals surface area contributed by atoms with Crippen molar-refractivity contribution in [1.82, 2.24) is 5.06 Å². The van der Waals surface area contributed by atoms with E-state index < -0.39 is 37.8 Å². The Morgan fingerprint density at radius 2 is 1.81 bits per heavy atom. The lowest BCUT2D eigenvalue weighted by Crippen LogP contribution is -2.62. The molecule has 1 amide bonds. The summed E-state index contributed by atoms with van der Waals surface area (Å²) in [6, 6.07) is 0. The van der Waals surface area contributed by atoms with Gasteiger partial charge in [0, 0.05) is 7.11 Å². The van der Waals surface area contributed by atoms with Crippen LogP contribution in [-0.4, -0.2) is 68.9 Å². The predicted molar refractivity (Wildman–Crippen MR) is 124 cm³/mol. The predicted octanol–water partition coefficient (Wildman–Crippen LogP) is 4.10. The molecule has 1 N–H and O–H groups in total. The van der Waals surface area contributed by atoms with Gasteiger partial charge in [-0.25, -0.2) is 0 Å². The van der Waals surface area contributed by atoms with E-state index in [4.69, 9.17) is 23.5 Å². The Labute approximate surface area is 194 Å². The van der Waals surface area contributed by atoms with Crippen molar-refractivity contribution in [3.05, 3.63) is 11.3 Å². The monoisotopic (exact) mass is 473 g/mol. The van der Waals surface area contributed by atoms with Gasteiger partial charge in [-0.05, 0) is 44.8 Å². The molecule has 0 radical (unpaired) electrons. The lowest BCUT2D eigenvalue weighted by Gasteiger charge is -2.50. The van der Waals surface area contributed by atoms with Crippen LogP contribution >= 0.6 is 0 Å². The van der Waals surface area contributed by atoms with Gasteiger partial charge in [0.05, 0.1) is 12.7 Å². The van der Waals surface area contributed by atoms with Crippen molar-refractivity contribution in [2.24, 2.45) is 0 Å². The van der Waals surface area contributed by atoms with Crippen molar-refractivity contribution < 1.29 is 33.4 Å². The molecule has 0 aromatic carbocycles. The smallest absolute Gasteiger partial charge is 0.282 e. The zero-order chi connectivity index (χ0) is 24.5.